The smallest absolute Gasteiger partial charge is 0.247 e. The summed E-state index contributed by atoms with van der Waals surface area (Å²) < 4.78 is 0. The summed E-state index contributed by atoms with van der Waals surface area (Å²) in [4.78, 5) is 24.5. The lowest BCUT2D eigenvalue weighted by molar-refractivity contribution is -0.122. The molecule has 0 aromatic heterocycles. The highest BCUT2D eigenvalue weighted by Gasteiger charge is 2.28. The molecule has 1 atom stereocenters. The van der Waals surface area contributed by atoms with Gasteiger partial charge in [0.05, 0.1) is 29.0 Å². The van der Waals surface area contributed by atoms with Gasteiger partial charge in [-0.25, -0.2) is 0 Å². The first-order chi connectivity index (χ1) is 12.0. The van der Waals surface area contributed by atoms with Crippen molar-refractivity contribution in [2.24, 2.45) is 0 Å². The number of hydrogen-bond acceptors (Lipinski definition) is 4. The molecule has 0 saturated heterocycles. The van der Waals surface area contributed by atoms with Crippen molar-refractivity contribution >= 4 is 28.9 Å². The summed E-state index contributed by atoms with van der Waals surface area (Å²) in [7, 11) is 0. The summed E-state index contributed by atoms with van der Waals surface area (Å²) in [6.45, 7) is 3.97. The number of rotatable bonds is 3. The van der Waals surface area contributed by atoms with Crippen LogP contribution in [0.5, 0.6) is 0 Å². The highest BCUT2D eigenvalue weighted by atomic mass is 16.2. The molecular formula is C19H18N4O2. The normalized spacial score (nSPS) is 15.4. The Kier molecular flexibility index (Phi) is 4.40. The molecule has 6 nitrogen and oxygen atoms in total. The van der Waals surface area contributed by atoms with Gasteiger partial charge in [0.2, 0.25) is 11.8 Å². The molecule has 6 heteroatoms. The van der Waals surface area contributed by atoms with Crippen LogP contribution >= 0.6 is 0 Å². The van der Waals surface area contributed by atoms with E-state index in [2.05, 4.69) is 16.0 Å². The average molecular weight is 334 g/mol. The molecule has 2 aromatic carbocycles. The number of para-hydroxylation sites is 1. The molecule has 3 rings (SSSR count). The van der Waals surface area contributed by atoms with Gasteiger partial charge in [-0.2, -0.15) is 5.26 Å². The second-order valence-corrected chi connectivity index (χ2v) is 6.08. The Bertz CT molecular complexity index is 899. The SMILES string of the molecule is Cc1cc2c(cc1C)N[C@@H](CC(=O)Nc1ccccc1C#N)C(=O)N2. The van der Waals surface area contributed by atoms with Gasteiger partial charge in [0.1, 0.15) is 12.1 Å². The molecule has 1 heterocycles. The van der Waals surface area contributed by atoms with E-state index >= 15 is 0 Å². The number of nitrogens with zero attached hydrogens (tertiary/aromatic N) is 1. The summed E-state index contributed by atoms with van der Waals surface area (Å²) in [5.74, 6) is -0.581. The zero-order valence-electron chi connectivity index (χ0n) is 14.0. The van der Waals surface area contributed by atoms with Crippen molar-refractivity contribution in [3.05, 3.63) is 53.1 Å². The third-order valence-electron chi connectivity index (χ3n) is 4.25. The summed E-state index contributed by atoms with van der Waals surface area (Å²) in [6.07, 6.45) is -0.0298. The molecule has 0 saturated carbocycles. The van der Waals surface area contributed by atoms with Crippen molar-refractivity contribution in [2.75, 3.05) is 16.0 Å². The fourth-order valence-corrected chi connectivity index (χ4v) is 2.73. The summed E-state index contributed by atoms with van der Waals surface area (Å²) in [5, 5.41) is 17.7. The number of nitrogens with one attached hydrogen (secondary N) is 3. The second kappa shape index (κ2) is 6.65. The monoisotopic (exact) mass is 334 g/mol. The number of amides is 2. The number of aryl methyl sites for hydroxylation is 2. The van der Waals surface area contributed by atoms with E-state index in [1.165, 1.54) is 0 Å². The quantitative estimate of drug-likeness (QED) is 0.804. The van der Waals surface area contributed by atoms with Gasteiger partial charge >= 0.3 is 0 Å². The van der Waals surface area contributed by atoms with Gasteiger partial charge < -0.3 is 16.0 Å². The van der Waals surface area contributed by atoms with Crippen molar-refractivity contribution in [3.63, 3.8) is 0 Å². The lowest BCUT2D eigenvalue weighted by atomic mass is 10.0. The van der Waals surface area contributed by atoms with E-state index in [9.17, 15) is 9.59 Å². The Hall–Kier alpha value is -3.33. The lowest BCUT2D eigenvalue weighted by Crippen LogP contribution is -2.41. The van der Waals surface area contributed by atoms with Crippen molar-refractivity contribution in [1.29, 1.82) is 5.26 Å². The minimum absolute atomic E-state index is 0.0298. The summed E-state index contributed by atoms with van der Waals surface area (Å²) in [5.41, 5.74) is 4.54. The number of carbonyl (C=O) groups is 2. The molecule has 3 N–H and O–H groups in total. The maximum atomic E-state index is 12.3. The predicted octanol–water partition coefficient (Wildman–Crippen LogP) is 2.94. The molecule has 0 bridgehead atoms. The van der Waals surface area contributed by atoms with Gasteiger partial charge in [0, 0.05) is 0 Å². The molecule has 126 valence electrons. The first-order valence-corrected chi connectivity index (χ1v) is 7.95. The summed E-state index contributed by atoms with van der Waals surface area (Å²) >= 11 is 0. The number of nitriles is 1. The van der Waals surface area contributed by atoms with Crippen molar-refractivity contribution < 1.29 is 9.59 Å². The minimum Gasteiger partial charge on any atom is -0.372 e. The molecule has 2 aromatic rings. The van der Waals surface area contributed by atoms with Gasteiger partial charge in [0.15, 0.2) is 0 Å². The van der Waals surface area contributed by atoms with Crippen LogP contribution in [0.25, 0.3) is 0 Å². The molecule has 0 fully saturated rings. The van der Waals surface area contributed by atoms with Gasteiger partial charge in [-0.15, -0.1) is 0 Å². The van der Waals surface area contributed by atoms with E-state index in [1.54, 1.807) is 24.3 Å². The van der Waals surface area contributed by atoms with E-state index in [0.717, 1.165) is 22.5 Å². The topological polar surface area (TPSA) is 94.0 Å². The molecule has 0 spiro atoms. The molecule has 25 heavy (non-hydrogen) atoms. The van der Waals surface area contributed by atoms with E-state index in [4.69, 9.17) is 5.26 Å². The first kappa shape index (κ1) is 16.5. The number of benzene rings is 2. The molecular weight excluding hydrogens is 316 g/mol. The highest BCUT2D eigenvalue weighted by molar-refractivity contribution is 6.06. The van der Waals surface area contributed by atoms with Gasteiger partial charge in [-0.3, -0.25) is 9.59 Å². The Morgan fingerprint density at radius 2 is 1.88 bits per heavy atom. The maximum Gasteiger partial charge on any atom is 0.247 e. The standard InChI is InChI=1S/C19H18N4O2/c1-11-7-15-16(8-12(11)2)23-19(25)17(21-15)9-18(24)22-14-6-4-3-5-13(14)10-20/h3-8,17,21H,9H2,1-2H3,(H,22,24)(H,23,25)/t17-/m0/s1. The van der Waals surface area contributed by atoms with Crippen LogP contribution in [0.4, 0.5) is 17.1 Å². The average Bonchev–Trinajstić information content (AvgIpc) is 2.58. The molecule has 1 aliphatic heterocycles. The Morgan fingerprint density at radius 3 is 2.60 bits per heavy atom. The van der Waals surface area contributed by atoms with Crippen LogP contribution in [0.1, 0.15) is 23.1 Å². The van der Waals surface area contributed by atoms with Crippen LogP contribution in [-0.2, 0) is 9.59 Å². The molecule has 0 aliphatic carbocycles. The van der Waals surface area contributed by atoms with E-state index in [0.29, 0.717) is 11.3 Å². The van der Waals surface area contributed by atoms with Crippen LogP contribution in [0, 0.1) is 25.2 Å². The van der Waals surface area contributed by atoms with Crippen LogP contribution < -0.4 is 16.0 Å². The molecule has 0 radical (unpaired) electrons. The Labute approximate surface area is 145 Å². The first-order valence-electron chi connectivity index (χ1n) is 7.95. The third kappa shape index (κ3) is 3.45. The van der Waals surface area contributed by atoms with Crippen LogP contribution in [0.2, 0.25) is 0 Å². The zero-order valence-corrected chi connectivity index (χ0v) is 14.0. The van der Waals surface area contributed by atoms with Crippen molar-refractivity contribution in [1.82, 2.24) is 0 Å². The summed E-state index contributed by atoms with van der Waals surface area (Å²) in [6, 6.07) is 12.0. The van der Waals surface area contributed by atoms with E-state index in [1.807, 2.05) is 32.0 Å². The van der Waals surface area contributed by atoms with Gasteiger partial charge in [-0.05, 0) is 49.2 Å². The predicted molar refractivity (Wildman–Crippen MR) is 96.4 cm³/mol. The lowest BCUT2D eigenvalue weighted by Gasteiger charge is -2.27. The zero-order chi connectivity index (χ0) is 18.0. The fraction of sp³-hybridized carbons (Fsp3) is 0.211. The van der Waals surface area contributed by atoms with Crippen LogP contribution in [-0.4, -0.2) is 17.9 Å². The third-order valence-corrected chi connectivity index (χ3v) is 4.25. The molecule has 0 unspecified atom stereocenters. The minimum atomic E-state index is -0.663. The number of hydrogen-bond donors (Lipinski definition) is 3. The number of anilines is 3. The molecule has 1 aliphatic rings. The van der Waals surface area contributed by atoms with E-state index in [-0.39, 0.29) is 18.2 Å². The van der Waals surface area contributed by atoms with Gasteiger partial charge in [0.25, 0.3) is 0 Å². The van der Waals surface area contributed by atoms with Crippen molar-refractivity contribution in [3.8, 4) is 6.07 Å². The Morgan fingerprint density at radius 1 is 1.20 bits per heavy atom. The van der Waals surface area contributed by atoms with E-state index < -0.39 is 6.04 Å². The van der Waals surface area contributed by atoms with Crippen molar-refractivity contribution in [2.45, 2.75) is 26.3 Å². The maximum absolute atomic E-state index is 12.3. The number of carbonyl (C=O) groups excluding carboxylic acids is 2. The highest BCUT2D eigenvalue weighted by Crippen LogP contribution is 2.30. The number of fused-ring (bicyclic) bond motifs is 1. The second-order valence-electron chi connectivity index (χ2n) is 6.08. The largest absolute Gasteiger partial charge is 0.372 e. The van der Waals surface area contributed by atoms with Crippen LogP contribution in [0.15, 0.2) is 36.4 Å². The Balaban J connectivity index is 1.72. The fourth-order valence-electron chi connectivity index (χ4n) is 2.73. The van der Waals surface area contributed by atoms with Crippen LogP contribution in [0.3, 0.4) is 0 Å². The molecule has 2 amide bonds. The van der Waals surface area contributed by atoms with Gasteiger partial charge in [-0.1, -0.05) is 12.1 Å².